The average Bonchev–Trinajstić information content (AvgIpc) is 2.17. The number of rotatable bonds is 3. The zero-order chi connectivity index (χ0) is 13.9. The van der Waals surface area contributed by atoms with Crippen molar-refractivity contribution >= 4 is 28.6 Å². The summed E-state index contributed by atoms with van der Waals surface area (Å²) in [6, 6.07) is 5.50. The third-order valence-electron chi connectivity index (χ3n) is 1.92. The van der Waals surface area contributed by atoms with Gasteiger partial charge in [-0.1, -0.05) is 0 Å². The Kier molecular flexibility index (Phi) is 5.01. The molecule has 0 N–H and O–H groups in total. The highest BCUT2D eigenvalue weighted by atomic mass is 127. The minimum atomic E-state index is -0.506. The van der Waals surface area contributed by atoms with Crippen molar-refractivity contribution in [2.75, 3.05) is 0 Å². The highest BCUT2D eigenvalue weighted by Crippen LogP contribution is 2.25. The molecule has 1 aromatic rings. The standard InChI is InChI=1S/C14H19IO3/c1-9(2)17-12-7-6-10(15)8-11(12)13(16)18-14(3,4)5/h6-9H,1-5H3. The summed E-state index contributed by atoms with van der Waals surface area (Å²) in [4.78, 5) is 12.1. The molecule has 0 radical (unpaired) electrons. The summed E-state index contributed by atoms with van der Waals surface area (Å²) >= 11 is 2.16. The molecule has 0 atom stereocenters. The van der Waals surface area contributed by atoms with E-state index >= 15 is 0 Å². The zero-order valence-electron chi connectivity index (χ0n) is 11.4. The van der Waals surface area contributed by atoms with Crippen molar-refractivity contribution in [1.29, 1.82) is 0 Å². The second-order valence-corrected chi connectivity index (χ2v) is 6.55. The maximum atomic E-state index is 12.1. The number of halogens is 1. The number of ether oxygens (including phenoxy) is 2. The van der Waals surface area contributed by atoms with Crippen molar-refractivity contribution in [2.24, 2.45) is 0 Å². The largest absolute Gasteiger partial charge is 0.490 e. The molecule has 1 aromatic carbocycles. The number of benzene rings is 1. The second-order valence-electron chi connectivity index (χ2n) is 5.31. The van der Waals surface area contributed by atoms with Crippen molar-refractivity contribution in [1.82, 2.24) is 0 Å². The van der Waals surface area contributed by atoms with E-state index in [4.69, 9.17) is 9.47 Å². The maximum absolute atomic E-state index is 12.1. The van der Waals surface area contributed by atoms with E-state index in [1.165, 1.54) is 0 Å². The van der Waals surface area contributed by atoms with Gasteiger partial charge in [-0.25, -0.2) is 4.79 Å². The molecule has 0 saturated heterocycles. The number of hydrogen-bond donors (Lipinski definition) is 0. The van der Waals surface area contributed by atoms with Gasteiger partial charge in [0.05, 0.1) is 6.10 Å². The predicted molar refractivity (Wildman–Crippen MR) is 80.1 cm³/mol. The SMILES string of the molecule is CC(C)Oc1ccc(I)cc1C(=O)OC(C)(C)C. The third kappa shape index (κ3) is 4.84. The van der Waals surface area contributed by atoms with Gasteiger partial charge in [0, 0.05) is 3.57 Å². The summed E-state index contributed by atoms with van der Waals surface area (Å²) in [6.45, 7) is 9.40. The highest BCUT2D eigenvalue weighted by molar-refractivity contribution is 14.1. The van der Waals surface area contributed by atoms with E-state index in [0.29, 0.717) is 11.3 Å². The van der Waals surface area contributed by atoms with Crippen LogP contribution in [0.2, 0.25) is 0 Å². The van der Waals surface area contributed by atoms with Crippen LogP contribution in [0.25, 0.3) is 0 Å². The van der Waals surface area contributed by atoms with Crippen molar-refractivity contribution in [3.8, 4) is 5.75 Å². The fourth-order valence-corrected chi connectivity index (χ4v) is 1.84. The van der Waals surface area contributed by atoms with Gasteiger partial charge in [0.25, 0.3) is 0 Å². The van der Waals surface area contributed by atoms with Crippen LogP contribution >= 0.6 is 22.6 Å². The summed E-state index contributed by atoms with van der Waals surface area (Å²) in [6.07, 6.45) is 0.0197. The van der Waals surface area contributed by atoms with E-state index in [-0.39, 0.29) is 12.1 Å². The lowest BCUT2D eigenvalue weighted by Gasteiger charge is -2.21. The Morgan fingerprint density at radius 3 is 2.39 bits per heavy atom. The van der Waals surface area contributed by atoms with Gasteiger partial charge in [0.2, 0.25) is 0 Å². The van der Waals surface area contributed by atoms with Gasteiger partial charge in [0.15, 0.2) is 0 Å². The van der Waals surface area contributed by atoms with Crippen LogP contribution in [0.5, 0.6) is 5.75 Å². The first-order valence-corrected chi connectivity index (χ1v) is 6.96. The van der Waals surface area contributed by atoms with Gasteiger partial charge in [-0.2, -0.15) is 0 Å². The molecule has 18 heavy (non-hydrogen) atoms. The van der Waals surface area contributed by atoms with Crippen LogP contribution in [0, 0.1) is 3.57 Å². The first-order valence-electron chi connectivity index (χ1n) is 5.88. The molecule has 0 saturated carbocycles. The van der Waals surface area contributed by atoms with Gasteiger partial charge in [0.1, 0.15) is 16.9 Å². The van der Waals surface area contributed by atoms with Gasteiger partial charge >= 0.3 is 5.97 Å². The summed E-state index contributed by atoms with van der Waals surface area (Å²) in [5.74, 6) is 0.219. The number of carbonyl (C=O) groups excluding carboxylic acids is 1. The fourth-order valence-electron chi connectivity index (χ4n) is 1.35. The van der Waals surface area contributed by atoms with Crippen molar-refractivity contribution in [3.63, 3.8) is 0 Å². The van der Waals surface area contributed by atoms with Crippen LogP contribution in [0.4, 0.5) is 0 Å². The monoisotopic (exact) mass is 362 g/mol. The van der Waals surface area contributed by atoms with Crippen molar-refractivity contribution in [2.45, 2.75) is 46.3 Å². The van der Waals surface area contributed by atoms with E-state index < -0.39 is 5.60 Å². The summed E-state index contributed by atoms with van der Waals surface area (Å²) in [7, 11) is 0. The molecule has 0 aliphatic rings. The second kappa shape index (κ2) is 5.91. The van der Waals surface area contributed by atoms with Crippen LogP contribution < -0.4 is 4.74 Å². The molecule has 0 bridgehead atoms. The summed E-state index contributed by atoms with van der Waals surface area (Å²) in [5.41, 5.74) is -0.0291. The van der Waals surface area contributed by atoms with E-state index in [1.807, 2.05) is 40.7 Å². The zero-order valence-corrected chi connectivity index (χ0v) is 13.6. The Labute approximate surface area is 122 Å². The Balaban J connectivity index is 3.05. The molecule has 0 fully saturated rings. The quantitative estimate of drug-likeness (QED) is 0.602. The van der Waals surface area contributed by atoms with Gasteiger partial charge < -0.3 is 9.47 Å². The maximum Gasteiger partial charge on any atom is 0.342 e. The minimum Gasteiger partial charge on any atom is -0.490 e. The van der Waals surface area contributed by atoms with Crippen LogP contribution in [0.3, 0.4) is 0 Å². The summed E-state index contributed by atoms with van der Waals surface area (Å²) in [5, 5.41) is 0. The molecule has 0 heterocycles. The molecule has 0 aliphatic carbocycles. The third-order valence-corrected chi connectivity index (χ3v) is 2.59. The Bertz CT molecular complexity index is 433. The normalized spacial score (nSPS) is 11.5. The molecule has 0 amide bonds. The fraction of sp³-hybridized carbons (Fsp3) is 0.500. The van der Waals surface area contributed by atoms with Crippen LogP contribution in [-0.2, 0) is 4.74 Å². The molecule has 0 spiro atoms. The molecule has 1 rings (SSSR count). The van der Waals surface area contributed by atoms with Crippen LogP contribution in [0.1, 0.15) is 45.0 Å². The number of hydrogen-bond acceptors (Lipinski definition) is 3. The van der Waals surface area contributed by atoms with Gasteiger partial charge in [-0.15, -0.1) is 0 Å². The molecule has 3 nitrogen and oxygen atoms in total. The van der Waals surface area contributed by atoms with Crippen molar-refractivity contribution < 1.29 is 14.3 Å². The smallest absolute Gasteiger partial charge is 0.342 e. The van der Waals surface area contributed by atoms with Crippen molar-refractivity contribution in [3.05, 3.63) is 27.3 Å². The number of esters is 1. The molecular formula is C14H19IO3. The topological polar surface area (TPSA) is 35.5 Å². The molecule has 0 unspecified atom stereocenters. The molecule has 4 heteroatoms. The molecular weight excluding hydrogens is 343 g/mol. The Morgan fingerprint density at radius 1 is 1.28 bits per heavy atom. The Hall–Kier alpha value is -0.780. The van der Waals surface area contributed by atoms with E-state index in [2.05, 4.69) is 22.6 Å². The van der Waals surface area contributed by atoms with E-state index in [9.17, 15) is 4.79 Å². The van der Waals surface area contributed by atoms with Crippen LogP contribution in [0.15, 0.2) is 18.2 Å². The van der Waals surface area contributed by atoms with Crippen LogP contribution in [-0.4, -0.2) is 17.7 Å². The number of carbonyl (C=O) groups is 1. The molecule has 0 aromatic heterocycles. The minimum absolute atomic E-state index is 0.0197. The van der Waals surface area contributed by atoms with Gasteiger partial charge in [-0.05, 0) is 75.4 Å². The van der Waals surface area contributed by atoms with Gasteiger partial charge in [-0.3, -0.25) is 0 Å². The molecule has 0 aliphatic heterocycles. The summed E-state index contributed by atoms with van der Waals surface area (Å²) < 4.78 is 12.0. The molecule has 100 valence electrons. The lowest BCUT2D eigenvalue weighted by molar-refractivity contribution is 0.00648. The highest BCUT2D eigenvalue weighted by Gasteiger charge is 2.21. The lowest BCUT2D eigenvalue weighted by Crippen LogP contribution is -2.24. The average molecular weight is 362 g/mol. The lowest BCUT2D eigenvalue weighted by atomic mass is 10.1. The van der Waals surface area contributed by atoms with E-state index in [0.717, 1.165) is 3.57 Å². The first kappa shape index (κ1) is 15.3. The first-order chi connectivity index (χ1) is 8.19. The van der Waals surface area contributed by atoms with E-state index in [1.54, 1.807) is 12.1 Å². The predicted octanol–water partition coefficient (Wildman–Crippen LogP) is 4.03. The Morgan fingerprint density at radius 2 is 1.89 bits per heavy atom.